The fourth-order valence-electron chi connectivity index (χ4n) is 2.27. The van der Waals surface area contributed by atoms with Gasteiger partial charge in [0.05, 0.1) is 0 Å². The van der Waals surface area contributed by atoms with E-state index in [9.17, 15) is 0 Å². The van der Waals surface area contributed by atoms with E-state index in [1.165, 1.54) is 43.4 Å². The number of nitrogens with two attached hydrogens (primary N) is 1. The fraction of sp³-hybridized carbons (Fsp3) is 0.538. The highest BCUT2D eigenvalue weighted by Crippen LogP contribution is 2.27. The first-order chi connectivity index (χ1) is 7.79. The Balaban J connectivity index is 2.03. The third-order valence-electron chi connectivity index (χ3n) is 3.23. The lowest BCUT2D eigenvalue weighted by molar-refractivity contribution is 0.462. The summed E-state index contributed by atoms with van der Waals surface area (Å²) in [4.78, 5) is 0. The molecule has 1 saturated carbocycles. The average Bonchev–Trinajstić information content (AvgIpc) is 2.33. The zero-order chi connectivity index (χ0) is 11.4. The fourth-order valence-corrected chi connectivity index (χ4v) is 2.81. The summed E-state index contributed by atoms with van der Waals surface area (Å²) in [7, 11) is 0. The molecule has 2 nitrogen and oxygen atoms in total. The summed E-state index contributed by atoms with van der Waals surface area (Å²) in [6, 6.07) is 6.97. The zero-order valence-electron chi connectivity index (χ0n) is 9.51. The van der Waals surface area contributed by atoms with Crippen molar-refractivity contribution in [2.75, 3.05) is 5.32 Å². The van der Waals surface area contributed by atoms with E-state index < -0.39 is 0 Å². The molecule has 16 heavy (non-hydrogen) atoms. The lowest BCUT2D eigenvalue weighted by Crippen LogP contribution is -2.22. The Bertz CT molecular complexity index is 346. The van der Waals surface area contributed by atoms with Crippen molar-refractivity contribution in [3.63, 3.8) is 0 Å². The molecule has 2 rings (SSSR count). The third kappa shape index (κ3) is 2.98. The Labute approximate surface area is 106 Å². The van der Waals surface area contributed by atoms with Crippen molar-refractivity contribution in [2.45, 2.75) is 44.7 Å². The summed E-state index contributed by atoms with van der Waals surface area (Å²) in [6.07, 6.45) is 6.70. The molecule has 3 heteroatoms. The van der Waals surface area contributed by atoms with Crippen LogP contribution < -0.4 is 11.1 Å². The Morgan fingerprint density at radius 3 is 2.62 bits per heavy atom. The molecule has 1 aromatic rings. The first-order valence-electron chi connectivity index (χ1n) is 6.04. The van der Waals surface area contributed by atoms with Gasteiger partial charge in [0.15, 0.2) is 0 Å². The van der Waals surface area contributed by atoms with Gasteiger partial charge in [0, 0.05) is 22.7 Å². The third-order valence-corrected chi connectivity index (χ3v) is 3.89. The van der Waals surface area contributed by atoms with Crippen molar-refractivity contribution >= 4 is 21.6 Å². The van der Waals surface area contributed by atoms with Gasteiger partial charge in [0.2, 0.25) is 0 Å². The normalized spacial score (nSPS) is 17.4. The van der Waals surface area contributed by atoms with Crippen LogP contribution in [0.2, 0.25) is 0 Å². The Kier molecular flexibility index (Phi) is 4.24. The minimum atomic E-state index is 0.600. The van der Waals surface area contributed by atoms with Crippen molar-refractivity contribution < 1.29 is 0 Å². The van der Waals surface area contributed by atoms with Gasteiger partial charge in [-0.3, -0.25) is 0 Å². The van der Waals surface area contributed by atoms with Crippen LogP contribution in [0.3, 0.4) is 0 Å². The number of anilines is 1. The largest absolute Gasteiger partial charge is 0.381 e. The molecule has 1 fully saturated rings. The van der Waals surface area contributed by atoms with E-state index in [1.807, 2.05) is 0 Å². The minimum absolute atomic E-state index is 0.600. The minimum Gasteiger partial charge on any atom is -0.381 e. The quantitative estimate of drug-likeness (QED) is 0.888. The predicted octanol–water partition coefficient (Wildman–Crippen LogP) is 3.65. The maximum Gasteiger partial charge on any atom is 0.0486 e. The van der Waals surface area contributed by atoms with E-state index >= 15 is 0 Å². The molecule has 1 aliphatic carbocycles. The molecule has 0 atom stereocenters. The average molecular weight is 283 g/mol. The molecule has 0 unspecified atom stereocenters. The molecule has 0 radical (unpaired) electrons. The summed E-state index contributed by atoms with van der Waals surface area (Å²) in [5.74, 6) is 0. The molecule has 0 heterocycles. The Morgan fingerprint density at radius 2 is 2.00 bits per heavy atom. The van der Waals surface area contributed by atoms with E-state index in [4.69, 9.17) is 5.73 Å². The van der Waals surface area contributed by atoms with Gasteiger partial charge in [-0.1, -0.05) is 25.3 Å². The van der Waals surface area contributed by atoms with Crippen molar-refractivity contribution in [3.05, 3.63) is 28.2 Å². The van der Waals surface area contributed by atoms with Gasteiger partial charge in [-0.15, -0.1) is 0 Å². The molecule has 1 aromatic carbocycles. The molecule has 88 valence electrons. The molecule has 0 aliphatic heterocycles. The molecule has 0 bridgehead atoms. The highest BCUT2D eigenvalue weighted by molar-refractivity contribution is 9.10. The number of benzene rings is 1. The van der Waals surface area contributed by atoms with Gasteiger partial charge in [0.1, 0.15) is 0 Å². The standard InChI is InChI=1S/C13H19BrN2/c14-12-8-10(9-15)6-7-13(12)16-11-4-2-1-3-5-11/h6-8,11,16H,1-5,9,15H2. The van der Waals surface area contributed by atoms with Crippen molar-refractivity contribution in [1.29, 1.82) is 0 Å². The molecule has 0 spiro atoms. The molecule has 0 aromatic heterocycles. The number of halogens is 1. The van der Waals surface area contributed by atoms with Crippen LogP contribution in [0, 0.1) is 0 Å². The number of hydrogen-bond donors (Lipinski definition) is 2. The predicted molar refractivity (Wildman–Crippen MR) is 72.5 cm³/mol. The second-order valence-electron chi connectivity index (χ2n) is 4.50. The van der Waals surface area contributed by atoms with Crippen molar-refractivity contribution in [3.8, 4) is 0 Å². The summed E-state index contributed by atoms with van der Waals surface area (Å²) in [5.41, 5.74) is 7.98. The molecule has 3 N–H and O–H groups in total. The zero-order valence-corrected chi connectivity index (χ0v) is 11.1. The summed E-state index contributed by atoms with van der Waals surface area (Å²) < 4.78 is 1.13. The molecule has 0 saturated heterocycles. The summed E-state index contributed by atoms with van der Waals surface area (Å²) in [6.45, 7) is 0.600. The van der Waals surface area contributed by atoms with Gasteiger partial charge < -0.3 is 11.1 Å². The maximum atomic E-state index is 5.61. The van der Waals surface area contributed by atoms with E-state index in [1.54, 1.807) is 0 Å². The van der Waals surface area contributed by atoms with Crippen LogP contribution in [0.15, 0.2) is 22.7 Å². The van der Waals surface area contributed by atoms with Crippen molar-refractivity contribution in [2.24, 2.45) is 5.73 Å². The van der Waals surface area contributed by atoms with Crippen LogP contribution in [-0.2, 0) is 6.54 Å². The Hall–Kier alpha value is -0.540. The van der Waals surface area contributed by atoms with E-state index in [0.29, 0.717) is 12.6 Å². The summed E-state index contributed by atoms with van der Waals surface area (Å²) in [5, 5.41) is 3.61. The van der Waals surface area contributed by atoms with Gasteiger partial charge in [-0.05, 0) is 46.5 Å². The van der Waals surface area contributed by atoms with Crippen LogP contribution in [0.1, 0.15) is 37.7 Å². The molecule has 0 amide bonds. The second-order valence-corrected chi connectivity index (χ2v) is 5.35. The number of hydrogen-bond acceptors (Lipinski definition) is 2. The SMILES string of the molecule is NCc1ccc(NC2CCCCC2)c(Br)c1. The molecular formula is C13H19BrN2. The van der Waals surface area contributed by atoms with E-state index in [-0.39, 0.29) is 0 Å². The van der Waals surface area contributed by atoms with Gasteiger partial charge >= 0.3 is 0 Å². The van der Waals surface area contributed by atoms with Gasteiger partial charge in [-0.2, -0.15) is 0 Å². The highest BCUT2D eigenvalue weighted by Gasteiger charge is 2.13. The van der Waals surface area contributed by atoms with Crippen LogP contribution in [-0.4, -0.2) is 6.04 Å². The monoisotopic (exact) mass is 282 g/mol. The number of nitrogens with one attached hydrogen (secondary N) is 1. The van der Waals surface area contributed by atoms with Crippen LogP contribution in [0.4, 0.5) is 5.69 Å². The lowest BCUT2D eigenvalue weighted by atomic mass is 9.95. The lowest BCUT2D eigenvalue weighted by Gasteiger charge is -2.24. The topological polar surface area (TPSA) is 38.0 Å². The first kappa shape index (κ1) is 11.9. The van der Waals surface area contributed by atoms with E-state index in [2.05, 4.69) is 39.4 Å². The second kappa shape index (κ2) is 5.69. The number of rotatable bonds is 3. The maximum absolute atomic E-state index is 5.61. The Morgan fingerprint density at radius 1 is 1.25 bits per heavy atom. The molecule has 1 aliphatic rings. The summed E-state index contributed by atoms with van der Waals surface area (Å²) >= 11 is 3.60. The molecular weight excluding hydrogens is 264 g/mol. The van der Waals surface area contributed by atoms with Crippen molar-refractivity contribution in [1.82, 2.24) is 0 Å². The smallest absolute Gasteiger partial charge is 0.0486 e. The highest BCUT2D eigenvalue weighted by atomic mass is 79.9. The van der Waals surface area contributed by atoms with Crippen LogP contribution in [0.5, 0.6) is 0 Å². The van der Waals surface area contributed by atoms with Crippen LogP contribution >= 0.6 is 15.9 Å². The first-order valence-corrected chi connectivity index (χ1v) is 6.84. The van der Waals surface area contributed by atoms with Gasteiger partial charge in [0.25, 0.3) is 0 Å². The van der Waals surface area contributed by atoms with E-state index in [0.717, 1.165) is 4.47 Å². The van der Waals surface area contributed by atoms with Crippen LogP contribution in [0.25, 0.3) is 0 Å². The van der Waals surface area contributed by atoms with Gasteiger partial charge in [-0.25, -0.2) is 0 Å².